The Bertz CT molecular complexity index is 444. The van der Waals surface area contributed by atoms with E-state index in [-0.39, 0.29) is 18.0 Å². The van der Waals surface area contributed by atoms with Crippen LogP contribution in [0.25, 0.3) is 0 Å². The van der Waals surface area contributed by atoms with Crippen molar-refractivity contribution in [2.75, 3.05) is 7.11 Å². The molecule has 0 bridgehead atoms. The Kier molecular flexibility index (Phi) is 4.43. The second-order valence-electron chi connectivity index (χ2n) is 5.17. The molecule has 1 aromatic rings. The molecule has 1 saturated carbocycles. The fourth-order valence-electron chi connectivity index (χ4n) is 2.01. The van der Waals surface area contributed by atoms with Crippen LogP contribution in [0.2, 0.25) is 0 Å². The third kappa shape index (κ3) is 3.96. The van der Waals surface area contributed by atoms with Crippen molar-refractivity contribution >= 4 is 5.91 Å². The summed E-state index contributed by atoms with van der Waals surface area (Å²) in [5, 5.41) is 6.32. The lowest BCUT2D eigenvalue weighted by molar-refractivity contribution is -0.123. The maximum Gasteiger partial charge on any atom is 0.237 e. The number of carbonyl (C=O) groups is 1. The second-order valence-corrected chi connectivity index (χ2v) is 5.17. The van der Waals surface area contributed by atoms with E-state index in [1.807, 2.05) is 31.2 Å². The van der Waals surface area contributed by atoms with E-state index in [0.717, 1.165) is 24.2 Å². The van der Waals surface area contributed by atoms with Crippen LogP contribution >= 0.6 is 0 Å². The Morgan fingerprint density at radius 1 is 1.37 bits per heavy atom. The van der Waals surface area contributed by atoms with Crippen molar-refractivity contribution in [3.63, 3.8) is 0 Å². The lowest BCUT2D eigenvalue weighted by Crippen LogP contribution is -2.43. The normalized spacial score (nSPS) is 17.6. The molecule has 2 atom stereocenters. The zero-order valence-electron chi connectivity index (χ0n) is 11.8. The van der Waals surface area contributed by atoms with Crippen molar-refractivity contribution in [3.05, 3.63) is 29.8 Å². The summed E-state index contributed by atoms with van der Waals surface area (Å²) < 4.78 is 5.21. The van der Waals surface area contributed by atoms with Crippen LogP contribution < -0.4 is 15.4 Å². The van der Waals surface area contributed by atoms with Gasteiger partial charge in [-0.05, 0) is 44.4 Å². The number of nitrogens with one attached hydrogen (secondary N) is 2. The summed E-state index contributed by atoms with van der Waals surface area (Å²) >= 11 is 0. The fourth-order valence-corrected chi connectivity index (χ4v) is 2.01. The molecule has 0 aromatic heterocycles. The second kappa shape index (κ2) is 6.06. The summed E-state index contributed by atoms with van der Waals surface area (Å²) in [5.41, 5.74) is 1.12. The Hall–Kier alpha value is -1.55. The molecule has 19 heavy (non-hydrogen) atoms. The molecule has 0 aliphatic heterocycles. The average Bonchev–Trinajstić information content (AvgIpc) is 3.22. The summed E-state index contributed by atoms with van der Waals surface area (Å²) in [7, 11) is 1.66. The minimum atomic E-state index is -0.193. The van der Waals surface area contributed by atoms with Gasteiger partial charge in [-0.1, -0.05) is 12.1 Å². The quantitative estimate of drug-likeness (QED) is 0.824. The topological polar surface area (TPSA) is 50.4 Å². The van der Waals surface area contributed by atoms with Gasteiger partial charge < -0.3 is 10.1 Å². The number of rotatable bonds is 6. The number of amides is 1. The lowest BCUT2D eigenvalue weighted by Gasteiger charge is -2.20. The molecule has 1 aliphatic carbocycles. The summed E-state index contributed by atoms with van der Waals surface area (Å²) in [4.78, 5) is 11.9. The first-order valence-electron chi connectivity index (χ1n) is 6.80. The van der Waals surface area contributed by atoms with Crippen LogP contribution in [0.3, 0.4) is 0 Å². The molecule has 104 valence electrons. The predicted octanol–water partition coefficient (Wildman–Crippen LogP) is 2.01. The third-order valence-electron chi connectivity index (χ3n) is 3.41. The van der Waals surface area contributed by atoms with Crippen LogP contribution in [0.15, 0.2) is 24.3 Å². The van der Waals surface area contributed by atoms with Gasteiger partial charge in [-0.3, -0.25) is 10.1 Å². The molecule has 0 saturated heterocycles. The maximum atomic E-state index is 11.9. The highest BCUT2D eigenvalue weighted by atomic mass is 16.5. The molecular weight excluding hydrogens is 240 g/mol. The van der Waals surface area contributed by atoms with Gasteiger partial charge >= 0.3 is 0 Å². The highest BCUT2D eigenvalue weighted by molar-refractivity contribution is 5.81. The van der Waals surface area contributed by atoms with Crippen LogP contribution in [-0.4, -0.2) is 25.1 Å². The molecule has 1 aromatic carbocycles. The Morgan fingerprint density at radius 2 is 2.11 bits per heavy atom. The van der Waals surface area contributed by atoms with Crippen LogP contribution in [0, 0.1) is 0 Å². The Labute approximate surface area is 114 Å². The Morgan fingerprint density at radius 3 is 2.74 bits per heavy atom. The first-order valence-corrected chi connectivity index (χ1v) is 6.80. The molecule has 2 unspecified atom stereocenters. The molecule has 0 heterocycles. The SMILES string of the molecule is COc1cccc(C(C)NC(C)C(=O)NC2CC2)c1. The van der Waals surface area contributed by atoms with Crippen LogP contribution in [0.5, 0.6) is 5.75 Å². The average molecular weight is 262 g/mol. The highest BCUT2D eigenvalue weighted by Crippen LogP contribution is 2.20. The van der Waals surface area contributed by atoms with Gasteiger partial charge in [0, 0.05) is 12.1 Å². The van der Waals surface area contributed by atoms with E-state index in [2.05, 4.69) is 17.6 Å². The summed E-state index contributed by atoms with van der Waals surface area (Å²) in [6.45, 7) is 3.95. The summed E-state index contributed by atoms with van der Waals surface area (Å²) in [6, 6.07) is 8.22. The van der Waals surface area contributed by atoms with E-state index in [1.54, 1.807) is 7.11 Å². The molecular formula is C15H22N2O2. The van der Waals surface area contributed by atoms with Crippen LogP contribution in [-0.2, 0) is 4.79 Å². The van der Waals surface area contributed by atoms with Crippen molar-refractivity contribution in [2.24, 2.45) is 0 Å². The van der Waals surface area contributed by atoms with Crippen molar-refractivity contribution in [3.8, 4) is 5.75 Å². The molecule has 1 amide bonds. The number of methoxy groups -OCH3 is 1. The molecule has 0 spiro atoms. The van der Waals surface area contributed by atoms with Gasteiger partial charge in [-0.2, -0.15) is 0 Å². The van der Waals surface area contributed by atoms with Crippen molar-refractivity contribution in [1.82, 2.24) is 10.6 Å². The number of hydrogen-bond acceptors (Lipinski definition) is 3. The molecule has 0 radical (unpaired) electrons. The minimum Gasteiger partial charge on any atom is -0.497 e. The highest BCUT2D eigenvalue weighted by Gasteiger charge is 2.26. The number of ether oxygens (including phenoxy) is 1. The lowest BCUT2D eigenvalue weighted by atomic mass is 10.1. The molecule has 4 heteroatoms. The van der Waals surface area contributed by atoms with E-state index in [0.29, 0.717) is 6.04 Å². The Balaban J connectivity index is 1.91. The third-order valence-corrected chi connectivity index (χ3v) is 3.41. The molecule has 2 N–H and O–H groups in total. The number of hydrogen-bond donors (Lipinski definition) is 2. The van der Waals surface area contributed by atoms with Gasteiger partial charge in [0.15, 0.2) is 0 Å². The molecule has 2 rings (SSSR count). The van der Waals surface area contributed by atoms with E-state index >= 15 is 0 Å². The molecule has 4 nitrogen and oxygen atoms in total. The summed E-state index contributed by atoms with van der Waals surface area (Å²) in [6.07, 6.45) is 2.23. The maximum absolute atomic E-state index is 11.9. The van der Waals surface area contributed by atoms with Gasteiger partial charge in [-0.25, -0.2) is 0 Å². The van der Waals surface area contributed by atoms with Crippen molar-refractivity contribution < 1.29 is 9.53 Å². The zero-order valence-corrected chi connectivity index (χ0v) is 11.8. The first-order chi connectivity index (χ1) is 9.10. The monoisotopic (exact) mass is 262 g/mol. The van der Waals surface area contributed by atoms with Gasteiger partial charge in [0.2, 0.25) is 5.91 Å². The van der Waals surface area contributed by atoms with E-state index in [4.69, 9.17) is 4.74 Å². The van der Waals surface area contributed by atoms with Gasteiger partial charge in [0.1, 0.15) is 5.75 Å². The number of carbonyl (C=O) groups excluding carboxylic acids is 1. The first kappa shape index (κ1) is 13.9. The van der Waals surface area contributed by atoms with Gasteiger partial charge in [-0.15, -0.1) is 0 Å². The number of benzene rings is 1. The summed E-state index contributed by atoms with van der Waals surface area (Å²) in [5.74, 6) is 0.915. The van der Waals surface area contributed by atoms with E-state index in [9.17, 15) is 4.79 Å². The minimum absolute atomic E-state index is 0.0808. The standard InChI is InChI=1S/C15H22N2O2/c1-10(12-5-4-6-14(9-12)19-3)16-11(2)15(18)17-13-7-8-13/h4-6,9-11,13,16H,7-8H2,1-3H3,(H,17,18). The van der Waals surface area contributed by atoms with E-state index < -0.39 is 0 Å². The van der Waals surface area contributed by atoms with Crippen molar-refractivity contribution in [2.45, 2.75) is 44.8 Å². The van der Waals surface area contributed by atoms with Crippen molar-refractivity contribution in [1.29, 1.82) is 0 Å². The van der Waals surface area contributed by atoms with Gasteiger partial charge in [0.05, 0.1) is 13.2 Å². The van der Waals surface area contributed by atoms with Gasteiger partial charge in [0.25, 0.3) is 0 Å². The largest absolute Gasteiger partial charge is 0.497 e. The van der Waals surface area contributed by atoms with Crippen LogP contribution in [0.1, 0.15) is 38.3 Å². The fraction of sp³-hybridized carbons (Fsp3) is 0.533. The smallest absolute Gasteiger partial charge is 0.237 e. The molecule has 1 aliphatic rings. The molecule has 1 fully saturated rings. The van der Waals surface area contributed by atoms with Crippen LogP contribution in [0.4, 0.5) is 0 Å². The van der Waals surface area contributed by atoms with E-state index in [1.165, 1.54) is 0 Å². The zero-order chi connectivity index (χ0) is 13.8. The predicted molar refractivity (Wildman–Crippen MR) is 75.2 cm³/mol.